The van der Waals surface area contributed by atoms with Gasteiger partial charge in [-0.15, -0.1) is 22.7 Å². The van der Waals surface area contributed by atoms with Crippen LogP contribution < -0.4 is 4.90 Å². The van der Waals surface area contributed by atoms with Gasteiger partial charge < -0.3 is 4.90 Å². The highest BCUT2D eigenvalue weighted by Gasteiger charge is 2.17. The Hall–Kier alpha value is -4.18. The van der Waals surface area contributed by atoms with Crippen molar-refractivity contribution in [2.24, 2.45) is 0 Å². The molecule has 2 heterocycles. The molecule has 8 rings (SSSR count). The van der Waals surface area contributed by atoms with Gasteiger partial charge in [-0.1, -0.05) is 72.8 Å². The summed E-state index contributed by atoms with van der Waals surface area (Å²) in [4.78, 5) is 2.35. The summed E-state index contributed by atoms with van der Waals surface area (Å²) in [5, 5.41) is 8.09. The average Bonchev–Trinajstić information content (AvgIpc) is 3.52. The molecular formula is C34H21NS2. The first-order valence-corrected chi connectivity index (χ1v) is 14.1. The molecule has 0 aliphatic heterocycles. The van der Waals surface area contributed by atoms with E-state index in [0.717, 1.165) is 11.4 Å². The second-order valence-corrected chi connectivity index (χ2v) is 11.5. The van der Waals surface area contributed by atoms with Crippen molar-refractivity contribution < 1.29 is 0 Å². The molecule has 37 heavy (non-hydrogen) atoms. The van der Waals surface area contributed by atoms with Gasteiger partial charge in [-0.25, -0.2) is 0 Å². The minimum absolute atomic E-state index is 1.16. The molecule has 0 unspecified atom stereocenters. The quantitative estimate of drug-likeness (QED) is 0.230. The Morgan fingerprint density at radius 1 is 0.405 bits per heavy atom. The molecular weight excluding hydrogens is 487 g/mol. The first-order chi connectivity index (χ1) is 18.3. The number of nitrogens with zero attached hydrogens (tertiary/aromatic N) is 1. The van der Waals surface area contributed by atoms with E-state index >= 15 is 0 Å². The lowest BCUT2D eigenvalue weighted by molar-refractivity contribution is 1.29. The van der Waals surface area contributed by atoms with E-state index in [-0.39, 0.29) is 0 Å². The van der Waals surface area contributed by atoms with E-state index in [1.54, 1.807) is 0 Å². The van der Waals surface area contributed by atoms with Crippen LogP contribution in [-0.4, -0.2) is 0 Å². The van der Waals surface area contributed by atoms with Crippen LogP contribution in [0.5, 0.6) is 0 Å². The van der Waals surface area contributed by atoms with Crippen LogP contribution in [0, 0.1) is 0 Å². The number of rotatable bonds is 3. The highest BCUT2D eigenvalue weighted by molar-refractivity contribution is 7.29. The summed E-state index contributed by atoms with van der Waals surface area (Å²) in [6, 6.07) is 46.2. The van der Waals surface area contributed by atoms with Crippen molar-refractivity contribution in [2.75, 3.05) is 4.90 Å². The Morgan fingerprint density at radius 3 is 1.84 bits per heavy atom. The number of fused-ring (bicyclic) bond motifs is 9. The van der Waals surface area contributed by atoms with E-state index in [9.17, 15) is 0 Å². The standard InChI is InChI=1S/C34H21NS2/c1-3-10-23(11-4-1)35(24-12-5-2-6-13-24)25-16-19-29-28(21-25)33-31(36-29)20-17-27-32-26-14-8-7-9-22(26)15-18-30(32)37-34(27)33/h1-21H. The fourth-order valence-corrected chi connectivity index (χ4v) is 8.03. The molecule has 0 aliphatic carbocycles. The molecule has 6 aromatic carbocycles. The van der Waals surface area contributed by atoms with Crippen LogP contribution in [0.1, 0.15) is 0 Å². The van der Waals surface area contributed by atoms with E-state index in [2.05, 4.69) is 132 Å². The summed E-state index contributed by atoms with van der Waals surface area (Å²) in [5.74, 6) is 0. The third-order valence-electron chi connectivity index (χ3n) is 7.23. The zero-order valence-electron chi connectivity index (χ0n) is 19.9. The Kier molecular flexibility index (Phi) is 4.63. The summed E-state index contributed by atoms with van der Waals surface area (Å²) in [5.41, 5.74) is 3.49. The monoisotopic (exact) mass is 507 g/mol. The summed E-state index contributed by atoms with van der Waals surface area (Å²) in [6.07, 6.45) is 0. The lowest BCUT2D eigenvalue weighted by atomic mass is 10.0. The van der Waals surface area contributed by atoms with E-state index in [0.29, 0.717) is 0 Å². The molecule has 174 valence electrons. The number of para-hydroxylation sites is 2. The van der Waals surface area contributed by atoms with Crippen molar-refractivity contribution in [3.8, 4) is 0 Å². The van der Waals surface area contributed by atoms with E-state index in [1.807, 2.05) is 22.7 Å². The molecule has 2 aromatic heterocycles. The highest BCUT2D eigenvalue weighted by atomic mass is 32.1. The minimum Gasteiger partial charge on any atom is -0.310 e. The van der Waals surface area contributed by atoms with Gasteiger partial charge in [-0.2, -0.15) is 0 Å². The summed E-state index contributed by atoms with van der Waals surface area (Å²) in [6.45, 7) is 0. The Balaban J connectivity index is 1.43. The molecule has 0 N–H and O–H groups in total. The van der Waals surface area contributed by atoms with Gasteiger partial charge in [0.25, 0.3) is 0 Å². The van der Waals surface area contributed by atoms with E-state index in [1.165, 1.54) is 56.8 Å². The van der Waals surface area contributed by atoms with Gasteiger partial charge in [0.15, 0.2) is 0 Å². The normalized spacial score (nSPS) is 11.8. The largest absolute Gasteiger partial charge is 0.310 e. The fraction of sp³-hybridized carbons (Fsp3) is 0. The van der Waals surface area contributed by atoms with Crippen LogP contribution in [0.4, 0.5) is 17.1 Å². The van der Waals surface area contributed by atoms with Crippen molar-refractivity contribution in [1.29, 1.82) is 0 Å². The molecule has 0 saturated heterocycles. The molecule has 0 aliphatic rings. The molecule has 0 atom stereocenters. The number of benzene rings is 6. The first-order valence-electron chi connectivity index (χ1n) is 12.4. The second-order valence-electron chi connectivity index (χ2n) is 9.37. The lowest BCUT2D eigenvalue weighted by Crippen LogP contribution is -2.09. The Morgan fingerprint density at radius 2 is 1.05 bits per heavy atom. The van der Waals surface area contributed by atoms with Gasteiger partial charge in [-0.3, -0.25) is 0 Å². The molecule has 0 radical (unpaired) electrons. The van der Waals surface area contributed by atoms with Gasteiger partial charge in [-0.05, 0) is 65.4 Å². The van der Waals surface area contributed by atoms with Crippen LogP contribution in [0.3, 0.4) is 0 Å². The van der Waals surface area contributed by atoms with Gasteiger partial charge in [0.2, 0.25) is 0 Å². The number of hydrogen-bond acceptors (Lipinski definition) is 3. The van der Waals surface area contributed by atoms with Gasteiger partial charge in [0, 0.05) is 57.4 Å². The first kappa shape index (κ1) is 21.0. The highest BCUT2D eigenvalue weighted by Crippen LogP contribution is 2.47. The molecule has 0 amide bonds. The maximum atomic E-state index is 2.39. The number of thiophene rings is 2. The second kappa shape index (κ2) is 8.17. The summed E-state index contributed by atoms with van der Waals surface area (Å²) in [7, 11) is 0. The molecule has 0 spiro atoms. The maximum absolute atomic E-state index is 2.39. The third kappa shape index (κ3) is 3.21. The zero-order chi connectivity index (χ0) is 24.3. The molecule has 0 saturated carbocycles. The van der Waals surface area contributed by atoms with Crippen LogP contribution >= 0.6 is 22.7 Å². The summed E-state index contributed by atoms with van der Waals surface area (Å²) < 4.78 is 5.42. The van der Waals surface area contributed by atoms with Crippen LogP contribution in [0.2, 0.25) is 0 Å². The Bertz CT molecular complexity index is 2050. The van der Waals surface area contributed by atoms with Crippen molar-refractivity contribution >= 4 is 90.9 Å². The van der Waals surface area contributed by atoms with Crippen LogP contribution in [-0.2, 0) is 0 Å². The number of hydrogen-bond donors (Lipinski definition) is 0. The molecule has 0 bridgehead atoms. The topological polar surface area (TPSA) is 3.24 Å². The molecule has 8 aromatic rings. The van der Waals surface area contributed by atoms with E-state index in [4.69, 9.17) is 0 Å². The van der Waals surface area contributed by atoms with Crippen LogP contribution in [0.25, 0.3) is 51.1 Å². The van der Waals surface area contributed by atoms with Gasteiger partial charge in [0.1, 0.15) is 0 Å². The molecule has 1 nitrogen and oxygen atoms in total. The minimum atomic E-state index is 1.16. The predicted octanol–water partition coefficient (Wildman–Crippen LogP) is 11.0. The maximum Gasteiger partial charge on any atom is 0.0468 e. The average molecular weight is 508 g/mol. The molecule has 3 heteroatoms. The molecule has 0 fully saturated rings. The Labute approximate surface area is 222 Å². The van der Waals surface area contributed by atoms with Gasteiger partial charge >= 0.3 is 0 Å². The van der Waals surface area contributed by atoms with Crippen molar-refractivity contribution in [1.82, 2.24) is 0 Å². The lowest BCUT2D eigenvalue weighted by Gasteiger charge is -2.25. The van der Waals surface area contributed by atoms with Gasteiger partial charge in [0.05, 0.1) is 0 Å². The smallest absolute Gasteiger partial charge is 0.0468 e. The van der Waals surface area contributed by atoms with E-state index < -0.39 is 0 Å². The third-order valence-corrected chi connectivity index (χ3v) is 9.56. The van der Waals surface area contributed by atoms with Crippen molar-refractivity contribution in [2.45, 2.75) is 0 Å². The summed E-state index contributed by atoms with van der Waals surface area (Å²) >= 11 is 3.82. The predicted molar refractivity (Wildman–Crippen MR) is 164 cm³/mol. The van der Waals surface area contributed by atoms with Crippen molar-refractivity contribution in [3.05, 3.63) is 127 Å². The number of anilines is 3. The van der Waals surface area contributed by atoms with Crippen LogP contribution in [0.15, 0.2) is 127 Å². The SMILES string of the molecule is c1ccc(N(c2ccccc2)c2ccc3sc4ccc5c(sc6ccc7ccccc7c65)c4c3c2)cc1. The fourth-order valence-electron chi connectivity index (χ4n) is 5.59. The zero-order valence-corrected chi connectivity index (χ0v) is 21.5. The van der Waals surface area contributed by atoms with Crippen molar-refractivity contribution in [3.63, 3.8) is 0 Å².